The van der Waals surface area contributed by atoms with Crippen LogP contribution in [0.5, 0.6) is 6.01 Å². The van der Waals surface area contributed by atoms with Crippen LogP contribution in [0.3, 0.4) is 0 Å². The maximum atomic E-state index is 14.6. The molecule has 0 aliphatic heterocycles. The molecule has 0 saturated heterocycles. The van der Waals surface area contributed by atoms with Gasteiger partial charge in [-0.3, -0.25) is 4.79 Å². The number of benzene rings is 3. The number of H-pyrrole nitrogens is 2. The molecule has 0 aliphatic rings. The van der Waals surface area contributed by atoms with Gasteiger partial charge in [0.25, 0.3) is 5.56 Å². The fourth-order valence-corrected chi connectivity index (χ4v) is 4.53. The number of nitrogens with one attached hydrogen (secondary N) is 2. The zero-order valence-corrected chi connectivity index (χ0v) is 18.4. The molecular weight excluding hydrogens is 457 g/mol. The van der Waals surface area contributed by atoms with Gasteiger partial charge in [-0.05, 0) is 35.7 Å². The number of aromatic amines is 2. The summed E-state index contributed by atoms with van der Waals surface area (Å²) in [6.07, 6.45) is 3.18. The van der Waals surface area contributed by atoms with E-state index in [1.807, 2.05) is 18.2 Å². The third kappa shape index (κ3) is 3.03. The van der Waals surface area contributed by atoms with Crippen LogP contribution in [0.25, 0.3) is 55.2 Å². The maximum Gasteiger partial charge on any atom is 0.316 e. The predicted molar refractivity (Wildman–Crippen MR) is 130 cm³/mol. The van der Waals surface area contributed by atoms with E-state index in [2.05, 4.69) is 24.9 Å². The van der Waals surface area contributed by atoms with Crippen LogP contribution >= 0.6 is 11.6 Å². The van der Waals surface area contributed by atoms with E-state index >= 15 is 0 Å². The van der Waals surface area contributed by atoms with Crippen molar-refractivity contribution in [2.75, 3.05) is 7.11 Å². The highest BCUT2D eigenvalue weighted by Gasteiger charge is 2.19. The molecule has 0 radical (unpaired) electrons. The van der Waals surface area contributed by atoms with Crippen LogP contribution in [0.15, 0.2) is 65.7 Å². The van der Waals surface area contributed by atoms with Crippen molar-refractivity contribution in [1.82, 2.24) is 24.9 Å². The lowest BCUT2D eigenvalue weighted by Crippen LogP contribution is -2.05. The van der Waals surface area contributed by atoms with Crippen LogP contribution in [0.4, 0.5) is 4.39 Å². The lowest BCUT2D eigenvalue weighted by molar-refractivity contribution is 0.380. The number of hydrogen-bond acceptors (Lipinski definition) is 5. The zero-order valence-electron chi connectivity index (χ0n) is 17.7. The number of halogens is 2. The third-order valence-electron chi connectivity index (χ3n) is 5.79. The molecule has 0 bridgehead atoms. The van der Waals surface area contributed by atoms with E-state index in [1.165, 1.54) is 19.2 Å². The number of imidazole rings is 1. The monoisotopic (exact) mass is 471 g/mol. The highest BCUT2D eigenvalue weighted by Crippen LogP contribution is 2.37. The summed E-state index contributed by atoms with van der Waals surface area (Å²) in [5.74, 6) is -0.199. The number of hydrogen-bond donors (Lipinski definition) is 2. The van der Waals surface area contributed by atoms with Crippen molar-refractivity contribution in [2.24, 2.45) is 0 Å². The van der Waals surface area contributed by atoms with E-state index in [4.69, 9.17) is 16.3 Å². The molecule has 0 spiro atoms. The van der Waals surface area contributed by atoms with E-state index in [-0.39, 0.29) is 28.0 Å². The fourth-order valence-electron chi connectivity index (χ4n) is 4.28. The van der Waals surface area contributed by atoms with E-state index in [9.17, 15) is 9.18 Å². The summed E-state index contributed by atoms with van der Waals surface area (Å²) in [5.41, 5.74) is 2.59. The Morgan fingerprint density at radius 3 is 2.74 bits per heavy atom. The minimum atomic E-state index is -0.488. The van der Waals surface area contributed by atoms with Crippen LogP contribution in [-0.4, -0.2) is 32.0 Å². The van der Waals surface area contributed by atoms with Gasteiger partial charge < -0.3 is 14.7 Å². The van der Waals surface area contributed by atoms with E-state index < -0.39 is 5.82 Å². The van der Waals surface area contributed by atoms with Crippen molar-refractivity contribution in [1.29, 1.82) is 0 Å². The maximum absolute atomic E-state index is 14.6. The lowest BCUT2D eigenvalue weighted by Gasteiger charge is -2.08. The predicted octanol–water partition coefficient (Wildman–Crippen LogP) is 5.48. The van der Waals surface area contributed by atoms with E-state index in [0.29, 0.717) is 32.9 Å². The number of ether oxygens (including phenoxy) is 1. The molecule has 7 nitrogen and oxygen atoms in total. The Morgan fingerprint density at radius 2 is 1.91 bits per heavy atom. The molecule has 3 heterocycles. The normalized spacial score (nSPS) is 11.5. The molecule has 166 valence electrons. The second-order valence-corrected chi connectivity index (χ2v) is 8.10. The molecule has 9 heteroatoms. The van der Waals surface area contributed by atoms with Crippen LogP contribution in [0, 0.1) is 5.82 Å². The standard InChI is InChI=1S/C25H15ClFN5O2/c1-34-25-29-10-8-18(30-25)12-5-6-13-15(11-12)19-14(7-9-28-24(19)33)22-21(13)31-23(32-22)20-16(26)3-2-4-17(20)27/h2-11H,1H3,(H,28,33)(H,31,32). The Morgan fingerprint density at radius 1 is 1.03 bits per heavy atom. The molecule has 0 aliphatic carbocycles. The third-order valence-corrected chi connectivity index (χ3v) is 6.10. The molecule has 0 atom stereocenters. The molecule has 0 fully saturated rings. The summed E-state index contributed by atoms with van der Waals surface area (Å²) in [5, 5.41) is 2.82. The molecule has 6 aromatic rings. The van der Waals surface area contributed by atoms with Crippen molar-refractivity contribution in [3.8, 4) is 28.7 Å². The van der Waals surface area contributed by atoms with Crippen LogP contribution in [-0.2, 0) is 0 Å². The second kappa shape index (κ2) is 7.64. The number of rotatable bonds is 3. The molecule has 3 aromatic carbocycles. The van der Waals surface area contributed by atoms with E-state index in [1.54, 1.807) is 30.6 Å². The van der Waals surface area contributed by atoms with Gasteiger partial charge in [-0.2, -0.15) is 4.98 Å². The summed E-state index contributed by atoms with van der Waals surface area (Å²) in [4.78, 5) is 32.0. The number of methoxy groups -OCH3 is 1. The smallest absolute Gasteiger partial charge is 0.316 e. The second-order valence-electron chi connectivity index (χ2n) is 7.69. The van der Waals surface area contributed by atoms with Gasteiger partial charge in [0.2, 0.25) is 0 Å². The Hall–Kier alpha value is -4.30. The largest absolute Gasteiger partial charge is 0.467 e. The first-order valence-corrected chi connectivity index (χ1v) is 10.7. The minimum absolute atomic E-state index is 0.177. The number of nitrogens with zero attached hydrogens (tertiary/aromatic N) is 3. The Balaban J connectivity index is 1.71. The van der Waals surface area contributed by atoms with Crippen LogP contribution in [0.2, 0.25) is 5.02 Å². The quantitative estimate of drug-likeness (QED) is 0.333. The van der Waals surface area contributed by atoms with Crippen molar-refractivity contribution >= 4 is 44.2 Å². The molecular formula is C25H15ClFN5O2. The summed E-state index contributed by atoms with van der Waals surface area (Å²) in [6.45, 7) is 0. The number of fused-ring (bicyclic) bond motifs is 6. The Labute approximate surface area is 196 Å². The lowest BCUT2D eigenvalue weighted by atomic mass is 9.98. The SMILES string of the molecule is COc1nccc(-c2ccc3c(c2)c2c(=O)[nH]ccc2c2nc(-c4c(F)cccc4Cl)[nH]c32)n1. The summed E-state index contributed by atoms with van der Waals surface area (Å²) in [6, 6.07) is 13.9. The van der Waals surface area contributed by atoms with Gasteiger partial charge in [0.05, 0.1) is 39.8 Å². The van der Waals surface area contributed by atoms with Gasteiger partial charge in [-0.1, -0.05) is 29.8 Å². The van der Waals surface area contributed by atoms with Gasteiger partial charge >= 0.3 is 6.01 Å². The summed E-state index contributed by atoms with van der Waals surface area (Å²) in [7, 11) is 1.50. The Kier molecular flexibility index (Phi) is 4.56. The highest BCUT2D eigenvalue weighted by molar-refractivity contribution is 6.33. The average molecular weight is 472 g/mol. The minimum Gasteiger partial charge on any atom is -0.467 e. The first-order valence-electron chi connectivity index (χ1n) is 10.3. The van der Waals surface area contributed by atoms with Crippen molar-refractivity contribution in [3.63, 3.8) is 0 Å². The number of pyridine rings is 1. The highest BCUT2D eigenvalue weighted by atomic mass is 35.5. The molecule has 34 heavy (non-hydrogen) atoms. The van der Waals surface area contributed by atoms with Crippen LogP contribution in [0.1, 0.15) is 0 Å². The first kappa shape index (κ1) is 20.3. The van der Waals surface area contributed by atoms with E-state index in [0.717, 1.165) is 10.9 Å². The van der Waals surface area contributed by atoms with Crippen molar-refractivity contribution in [3.05, 3.63) is 82.1 Å². The molecule has 0 unspecified atom stereocenters. The van der Waals surface area contributed by atoms with Gasteiger partial charge in [-0.25, -0.2) is 14.4 Å². The van der Waals surface area contributed by atoms with Crippen molar-refractivity contribution in [2.45, 2.75) is 0 Å². The molecule has 0 saturated carbocycles. The Bertz CT molecular complexity index is 1790. The topological polar surface area (TPSA) is 96.5 Å². The average Bonchev–Trinajstić information content (AvgIpc) is 3.29. The molecule has 2 N–H and O–H groups in total. The molecule has 3 aromatic heterocycles. The van der Waals surface area contributed by atoms with Gasteiger partial charge in [0.1, 0.15) is 11.6 Å². The fraction of sp³-hybridized carbons (Fsp3) is 0.0400. The molecule has 0 amide bonds. The van der Waals surface area contributed by atoms with Gasteiger partial charge in [0.15, 0.2) is 0 Å². The first-order chi connectivity index (χ1) is 16.5. The zero-order chi connectivity index (χ0) is 23.4. The molecule has 6 rings (SSSR count). The van der Waals surface area contributed by atoms with Crippen molar-refractivity contribution < 1.29 is 9.13 Å². The van der Waals surface area contributed by atoms with Gasteiger partial charge in [-0.15, -0.1) is 0 Å². The van der Waals surface area contributed by atoms with Crippen LogP contribution < -0.4 is 10.3 Å². The van der Waals surface area contributed by atoms with Gasteiger partial charge in [0, 0.05) is 28.7 Å². The summed E-state index contributed by atoms with van der Waals surface area (Å²) < 4.78 is 19.8. The number of aromatic nitrogens is 5. The summed E-state index contributed by atoms with van der Waals surface area (Å²) >= 11 is 6.29.